The van der Waals surface area contributed by atoms with Crippen LogP contribution >= 0.6 is 0 Å². The third-order valence-electron chi connectivity index (χ3n) is 1.12. The summed E-state index contributed by atoms with van der Waals surface area (Å²) >= 11 is 0. The van der Waals surface area contributed by atoms with Gasteiger partial charge in [0.1, 0.15) is 0 Å². The zero-order valence-corrected chi connectivity index (χ0v) is 8.62. The summed E-state index contributed by atoms with van der Waals surface area (Å²) in [7, 11) is -0.881. The van der Waals surface area contributed by atoms with E-state index in [4.69, 9.17) is 0 Å². The smallest absolute Gasteiger partial charge is 0.0573 e. The average Bonchev–Trinajstić information content (AvgIpc) is 1.78. The third kappa shape index (κ3) is 7.78. The summed E-state index contributed by atoms with van der Waals surface area (Å²) in [4.78, 5) is 0. The fourth-order valence-corrected chi connectivity index (χ4v) is 1.20. The van der Waals surface area contributed by atoms with Gasteiger partial charge in [-0.1, -0.05) is 26.6 Å². The molecule has 10 heavy (non-hydrogen) atoms. The van der Waals surface area contributed by atoms with Crippen molar-refractivity contribution in [2.45, 2.75) is 45.5 Å². The molecular formula is C9H18Si. The predicted octanol–water partition coefficient (Wildman–Crippen LogP) is 3.13. The van der Waals surface area contributed by atoms with E-state index in [1.807, 2.05) is 0 Å². The summed E-state index contributed by atoms with van der Waals surface area (Å²) in [6.45, 7) is 9.23. The van der Waals surface area contributed by atoms with Crippen LogP contribution in [0.4, 0.5) is 0 Å². The summed E-state index contributed by atoms with van der Waals surface area (Å²) in [5, 5.41) is 0. The van der Waals surface area contributed by atoms with Crippen molar-refractivity contribution in [3.05, 3.63) is 0 Å². The van der Waals surface area contributed by atoms with Crippen LogP contribution in [0.5, 0.6) is 0 Å². The molecule has 0 aromatic heterocycles. The fourth-order valence-electron chi connectivity index (χ4n) is 0.541. The largest absolute Gasteiger partial charge is 0.106 e. The lowest BCUT2D eigenvalue weighted by Crippen LogP contribution is -2.17. The minimum Gasteiger partial charge on any atom is -0.106 e. The van der Waals surface area contributed by atoms with Crippen LogP contribution in [0.1, 0.15) is 19.8 Å². The highest BCUT2D eigenvalue weighted by molar-refractivity contribution is 6.76. The zero-order chi connectivity index (χ0) is 8.04. The van der Waals surface area contributed by atoms with E-state index in [2.05, 4.69) is 38.4 Å². The maximum Gasteiger partial charge on any atom is 0.0573 e. The topological polar surface area (TPSA) is 0 Å². The first-order chi connectivity index (χ1) is 4.56. The van der Waals surface area contributed by atoms with Crippen LogP contribution < -0.4 is 0 Å². The van der Waals surface area contributed by atoms with Gasteiger partial charge >= 0.3 is 0 Å². The van der Waals surface area contributed by atoms with Crippen molar-refractivity contribution >= 4 is 8.07 Å². The Balaban J connectivity index is 3.46. The van der Waals surface area contributed by atoms with Gasteiger partial charge in [-0.15, -0.1) is 11.8 Å². The Kier molecular flexibility index (Phi) is 4.47. The zero-order valence-electron chi connectivity index (χ0n) is 7.62. The Morgan fingerprint density at radius 3 is 2.10 bits per heavy atom. The van der Waals surface area contributed by atoms with E-state index in [0.29, 0.717) is 0 Å². The van der Waals surface area contributed by atoms with Crippen LogP contribution in [-0.2, 0) is 0 Å². The molecule has 0 heterocycles. The summed E-state index contributed by atoms with van der Waals surface area (Å²) < 4.78 is 0. The van der Waals surface area contributed by atoms with Crippen LogP contribution in [-0.4, -0.2) is 8.07 Å². The molecule has 0 unspecified atom stereocenters. The van der Waals surface area contributed by atoms with E-state index in [0.717, 1.165) is 12.5 Å². The van der Waals surface area contributed by atoms with Crippen molar-refractivity contribution in [3.63, 3.8) is 0 Å². The first kappa shape index (κ1) is 9.78. The van der Waals surface area contributed by atoms with Gasteiger partial charge in [-0.05, 0) is 6.42 Å². The molecule has 1 heteroatoms. The van der Waals surface area contributed by atoms with E-state index in [1.54, 1.807) is 0 Å². The summed E-state index contributed by atoms with van der Waals surface area (Å²) in [6.07, 6.45) is 2.27. The van der Waals surface area contributed by atoms with Crippen molar-refractivity contribution in [3.8, 4) is 11.8 Å². The van der Waals surface area contributed by atoms with Crippen molar-refractivity contribution in [2.75, 3.05) is 0 Å². The lowest BCUT2D eigenvalue weighted by molar-refractivity contribution is 0.983. The van der Waals surface area contributed by atoms with E-state index < -0.39 is 8.07 Å². The molecule has 0 saturated carbocycles. The Hall–Kier alpha value is -0.223. The summed E-state index contributed by atoms with van der Waals surface area (Å²) in [5.41, 5.74) is 0. The first-order valence-corrected chi connectivity index (χ1v) is 7.72. The fraction of sp³-hybridized carbons (Fsp3) is 0.778. The monoisotopic (exact) mass is 154 g/mol. The highest BCUT2D eigenvalue weighted by Crippen LogP contribution is 2.05. The average molecular weight is 154 g/mol. The lowest BCUT2D eigenvalue weighted by atomic mass is 10.3. The molecule has 58 valence electrons. The van der Waals surface area contributed by atoms with Crippen molar-refractivity contribution in [2.24, 2.45) is 0 Å². The van der Waals surface area contributed by atoms with Crippen molar-refractivity contribution in [1.29, 1.82) is 0 Å². The van der Waals surface area contributed by atoms with Gasteiger partial charge in [-0.3, -0.25) is 0 Å². The molecule has 0 nitrogen and oxygen atoms in total. The van der Waals surface area contributed by atoms with Gasteiger partial charge in [0.15, 0.2) is 0 Å². The second kappa shape index (κ2) is 4.57. The summed E-state index contributed by atoms with van der Waals surface area (Å²) in [6, 6.07) is 1.16. The van der Waals surface area contributed by atoms with Crippen LogP contribution in [0.15, 0.2) is 0 Å². The second-order valence-electron chi connectivity index (χ2n) is 3.84. The molecule has 0 aliphatic heterocycles. The number of hydrogen-bond donors (Lipinski definition) is 0. The molecule has 0 amide bonds. The number of rotatable bonds is 2. The van der Waals surface area contributed by atoms with Crippen LogP contribution in [0.3, 0.4) is 0 Å². The van der Waals surface area contributed by atoms with E-state index in [1.165, 1.54) is 6.42 Å². The van der Waals surface area contributed by atoms with Gasteiger partial charge in [0, 0.05) is 12.5 Å². The first-order valence-electron chi connectivity index (χ1n) is 4.02. The van der Waals surface area contributed by atoms with Gasteiger partial charge in [0.25, 0.3) is 0 Å². The van der Waals surface area contributed by atoms with Gasteiger partial charge in [0.2, 0.25) is 0 Å². The van der Waals surface area contributed by atoms with Crippen molar-refractivity contribution < 1.29 is 0 Å². The molecule has 0 rings (SSSR count). The highest BCUT2D eigenvalue weighted by atomic mass is 28.3. The van der Waals surface area contributed by atoms with E-state index in [9.17, 15) is 0 Å². The minimum absolute atomic E-state index is 0.881. The Bertz CT molecular complexity index is 131. The molecule has 0 aliphatic carbocycles. The third-order valence-corrected chi connectivity index (χ3v) is 2.36. The molecule has 0 aromatic carbocycles. The maximum atomic E-state index is 3.24. The number of unbranched alkanes of at least 4 members (excludes halogenated alkanes) is 1. The molecule has 0 spiro atoms. The van der Waals surface area contributed by atoms with Crippen LogP contribution in [0, 0.1) is 11.8 Å². The molecular weight excluding hydrogens is 136 g/mol. The van der Waals surface area contributed by atoms with E-state index in [-0.39, 0.29) is 0 Å². The maximum absolute atomic E-state index is 3.24. The lowest BCUT2D eigenvalue weighted by Gasteiger charge is -2.09. The molecule has 0 radical (unpaired) electrons. The predicted molar refractivity (Wildman–Crippen MR) is 50.8 cm³/mol. The van der Waals surface area contributed by atoms with Gasteiger partial charge in [-0.25, -0.2) is 0 Å². The Labute approximate surface area is 66.0 Å². The Morgan fingerprint density at radius 2 is 1.70 bits per heavy atom. The summed E-state index contributed by atoms with van der Waals surface area (Å²) in [5.74, 6) is 6.41. The minimum atomic E-state index is -0.881. The SMILES string of the molecule is CCCC#CC[Si](C)(C)C. The number of hydrogen-bond acceptors (Lipinski definition) is 0. The van der Waals surface area contributed by atoms with Gasteiger partial charge in [-0.2, -0.15) is 0 Å². The van der Waals surface area contributed by atoms with Gasteiger partial charge < -0.3 is 0 Å². The normalized spacial score (nSPS) is 10.4. The Morgan fingerprint density at radius 1 is 1.10 bits per heavy atom. The standard InChI is InChI=1S/C9H18Si/c1-5-6-7-8-9-10(2,3)4/h5-6,9H2,1-4H3. The highest BCUT2D eigenvalue weighted by Gasteiger charge is 2.09. The van der Waals surface area contributed by atoms with Gasteiger partial charge in [0.05, 0.1) is 8.07 Å². The molecule has 0 aromatic rings. The molecule has 0 bridgehead atoms. The molecule has 0 N–H and O–H groups in total. The quantitative estimate of drug-likeness (QED) is 0.423. The second-order valence-corrected chi connectivity index (χ2v) is 9.32. The van der Waals surface area contributed by atoms with Crippen LogP contribution in [0.25, 0.3) is 0 Å². The molecule has 0 fully saturated rings. The van der Waals surface area contributed by atoms with E-state index >= 15 is 0 Å². The van der Waals surface area contributed by atoms with Crippen molar-refractivity contribution in [1.82, 2.24) is 0 Å². The molecule has 0 saturated heterocycles. The molecule has 0 aliphatic rings. The van der Waals surface area contributed by atoms with Crippen LogP contribution in [0.2, 0.25) is 25.7 Å². The molecule has 0 atom stereocenters.